The van der Waals surface area contributed by atoms with Gasteiger partial charge >= 0.3 is 0 Å². The van der Waals surface area contributed by atoms with Crippen molar-refractivity contribution in [2.45, 2.75) is 18.9 Å². The second-order valence-electron chi connectivity index (χ2n) is 4.50. The second-order valence-corrected chi connectivity index (χ2v) is 4.50. The molecule has 3 rings (SSSR count). The van der Waals surface area contributed by atoms with E-state index in [0.717, 1.165) is 17.1 Å². The zero-order valence-electron chi connectivity index (χ0n) is 10.1. The van der Waals surface area contributed by atoms with Gasteiger partial charge in [-0.15, -0.1) is 0 Å². The van der Waals surface area contributed by atoms with Crippen LogP contribution in [0, 0.1) is 5.92 Å². The van der Waals surface area contributed by atoms with Gasteiger partial charge in [-0.1, -0.05) is 6.08 Å². The Morgan fingerprint density at radius 3 is 2.65 bits per heavy atom. The monoisotopic (exact) mass is 232 g/mol. The molecule has 1 saturated carbocycles. The van der Waals surface area contributed by atoms with E-state index in [0.29, 0.717) is 11.7 Å². The van der Waals surface area contributed by atoms with Crippen molar-refractivity contribution in [2.75, 3.05) is 14.2 Å². The van der Waals surface area contributed by atoms with Crippen LogP contribution < -0.4 is 14.2 Å². The SMILES string of the molecule is COc1ccc2c(c1OC)OC(C1CC1)C=C2. The van der Waals surface area contributed by atoms with E-state index in [4.69, 9.17) is 14.2 Å². The molecule has 0 amide bonds. The smallest absolute Gasteiger partial charge is 0.203 e. The van der Waals surface area contributed by atoms with Gasteiger partial charge in [0.2, 0.25) is 5.75 Å². The first-order valence-electron chi connectivity index (χ1n) is 5.93. The molecule has 2 aliphatic rings. The maximum absolute atomic E-state index is 6.03. The maximum Gasteiger partial charge on any atom is 0.203 e. The van der Waals surface area contributed by atoms with E-state index < -0.39 is 0 Å². The van der Waals surface area contributed by atoms with Gasteiger partial charge in [0.15, 0.2) is 11.5 Å². The van der Waals surface area contributed by atoms with Gasteiger partial charge in [0.1, 0.15) is 6.10 Å². The Balaban J connectivity index is 2.01. The molecule has 0 bridgehead atoms. The molecule has 1 aliphatic heterocycles. The van der Waals surface area contributed by atoms with Crippen LogP contribution in [0.15, 0.2) is 18.2 Å². The minimum Gasteiger partial charge on any atom is -0.493 e. The number of benzene rings is 1. The highest BCUT2D eigenvalue weighted by Gasteiger charge is 2.34. The van der Waals surface area contributed by atoms with Crippen LogP contribution in [0.25, 0.3) is 6.08 Å². The summed E-state index contributed by atoms with van der Waals surface area (Å²) in [6, 6.07) is 3.90. The van der Waals surface area contributed by atoms with E-state index in [2.05, 4.69) is 12.2 Å². The minimum absolute atomic E-state index is 0.198. The molecule has 1 aliphatic carbocycles. The highest BCUT2D eigenvalue weighted by atomic mass is 16.5. The van der Waals surface area contributed by atoms with Gasteiger partial charge in [-0.2, -0.15) is 0 Å². The van der Waals surface area contributed by atoms with Crippen LogP contribution in [0.3, 0.4) is 0 Å². The van der Waals surface area contributed by atoms with Gasteiger partial charge in [0.05, 0.1) is 14.2 Å². The van der Waals surface area contributed by atoms with Gasteiger partial charge in [-0.05, 0) is 37.0 Å². The molecule has 0 radical (unpaired) electrons. The molecule has 0 N–H and O–H groups in total. The van der Waals surface area contributed by atoms with Crippen molar-refractivity contribution < 1.29 is 14.2 Å². The van der Waals surface area contributed by atoms with Crippen molar-refractivity contribution in [3.63, 3.8) is 0 Å². The number of hydrogen-bond acceptors (Lipinski definition) is 3. The summed E-state index contributed by atoms with van der Waals surface area (Å²) in [5.74, 6) is 2.90. The zero-order valence-corrected chi connectivity index (χ0v) is 10.1. The molecule has 0 aromatic heterocycles. The lowest BCUT2D eigenvalue weighted by atomic mass is 10.1. The van der Waals surface area contributed by atoms with Crippen LogP contribution in [0.2, 0.25) is 0 Å². The highest BCUT2D eigenvalue weighted by molar-refractivity contribution is 5.68. The van der Waals surface area contributed by atoms with Gasteiger partial charge < -0.3 is 14.2 Å². The number of rotatable bonds is 3. The Morgan fingerprint density at radius 1 is 1.18 bits per heavy atom. The Labute approximate surface area is 101 Å². The summed E-state index contributed by atoms with van der Waals surface area (Å²) in [6.07, 6.45) is 6.98. The molecule has 17 heavy (non-hydrogen) atoms. The lowest BCUT2D eigenvalue weighted by Gasteiger charge is -2.24. The van der Waals surface area contributed by atoms with Gasteiger partial charge in [0.25, 0.3) is 0 Å². The van der Waals surface area contributed by atoms with Crippen molar-refractivity contribution in [3.8, 4) is 17.2 Å². The molecule has 0 spiro atoms. The quantitative estimate of drug-likeness (QED) is 0.802. The summed E-state index contributed by atoms with van der Waals surface area (Å²) in [7, 11) is 3.28. The first-order valence-corrected chi connectivity index (χ1v) is 5.93. The first-order chi connectivity index (χ1) is 8.33. The molecule has 1 aromatic rings. The number of ether oxygens (including phenoxy) is 3. The second kappa shape index (κ2) is 3.99. The number of fused-ring (bicyclic) bond motifs is 1. The van der Waals surface area contributed by atoms with Gasteiger partial charge in [-0.3, -0.25) is 0 Å². The summed E-state index contributed by atoms with van der Waals surface area (Å²) >= 11 is 0. The molecule has 3 heteroatoms. The normalized spacial score (nSPS) is 21.6. The van der Waals surface area contributed by atoms with E-state index in [9.17, 15) is 0 Å². The fraction of sp³-hybridized carbons (Fsp3) is 0.429. The van der Waals surface area contributed by atoms with Crippen molar-refractivity contribution in [3.05, 3.63) is 23.8 Å². The largest absolute Gasteiger partial charge is 0.493 e. The average Bonchev–Trinajstić information content (AvgIpc) is 3.20. The Kier molecular flexibility index (Phi) is 2.46. The minimum atomic E-state index is 0.198. The summed E-state index contributed by atoms with van der Waals surface area (Å²) in [6.45, 7) is 0. The third-order valence-electron chi connectivity index (χ3n) is 3.34. The molecule has 90 valence electrons. The molecule has 1 aromatic carbocycles. The number of methoxy groups -OCH3 is 2. The Hall–Kier alpha value is -1.64. The summed E-state index contributed by atoms with van der Waals surface area (Å²) in [5.41, 5.74) is 1.06. The molecule has 1 unspecified atom stereocenters. The van der Waals surface area contributed by atoms with Crippen LogP contribution in [-0.2, 0) is 0 Å². The van der Waals surface area contributed by atoms with Crippen LogP contribution >= 0.6 is 0 Å². The highest BCUT2D eigenvalue weighted by Crippen LogP contribution is 2.46. The predicted octanol–water partition coefficient (Wildman–Crippen LogP) is 2.89. The van der Waals surface area contributed by atoms with Gasteiger partial charge in [0, 0.05) is 5.56 Å². The maximum atomic E-state index is 6.03. The molecule has 1 fully saturated rings. The standard InChI is InChI=1S/C14H16O3/c1-15-12-8-6-10-5-7-11(9-3-4-9)17-13(10)14(12)16-2/h5-9,11H,3-4H2,1-2H3. The van der Waals surface area contributed by atoms with E-state index in [1.807, 2.05) is 12.1 Å². The fourth-order valence-electron chi connectivity index (χ4n) is 2.22. The third kappa shape index (κ3) is 1.75. The van der Waals surface area contributed by atoms with Gasteiger partial charge in [-0.25, -0.2) is 0 Å². The van der Waals surface area contributed by atoms with E-state index >= 15 is 0 Å². The molecular weight excluding hydrogens is 216 g/mol. The summed E-state index contributed by atoms with van der Waals surface area (Å²) in [4.78, 5) is 0. The van der Waals surface area contributed by atoms with Crippen LogP contribution in [0.4, 0.5) is 0 Å². The van der Waals surface area contributed by atoms with Crippen molar-refractivity contribution >= 4 is 6.08 Å². The van der Waals surface area contributed by atoms with Crippen molar-refractivity contribution in [1.29, 1.82) is 0 Å². The molecule has 3 nitrogen and oxygen atoms in total. The predicted molar refractivity (Wildman–Crippen MR) is 65.7 cm³/mol. The Bertz CT molecular complexity index is 461. The van der Waals surface area contributed by atoms with Crippen molar-refractivity contribution in [1.82, 2.24) is 0 Å². The first kappa shape index (κ1) is 10.5. The van der Waals surface area contributed by atoms with Crippen LogP contribution in [-0.4, -0.2) is 20.3 Å². The summed E-state index contributed by atoms with van der Waals surface area (Å²) in [5, 5.41) is 0. The lowest BCUT2D eigenvalue weighted by molar-refractivity contribution is 0.209. The molecule has 1 atom stereocenters. The van der Waals surface area contributed by atoms with E-state index in [1.54, 1.807) is 14.2 Å². The third-order valence-corrected chi connectivity index (χ3v) is 3.34. The summed E-state index contributed by atoms with van der Waals surface area (Å²) < 4.78 is 16.7. The average molecular weight is 232 g/mol. The lowest BCUT2D eigenvalue weighted by Crippen LogP contribution is -2.19. The number of hydrogen-bond donors (Lipinski definition) is 0. The molecule has 0 saturated heterocycles. The van der Waals surface area contributed by atoms with Crippen molar-refractivity contribution in [2.24, 2.45) is 5.92 Å². The Morgan fingerprint density at radius 2 is 2.00 bits per heavy atom. The zero-order chi connectivity index (χ0) is 11.8. The molecular formula is C14H16O3. The molecule has 1 heterocycles. The fourth-order valence-corrected chi connectivity index (χ4v) is 2.22. The van der Waals surface area contributed by atoms with Crippen LogP contribution in [0.1, 0.15) is 18.4 Å². The van der Waals surface area contributed by atoms with E-state index in [1.165, 1.54) is 12.8 Å². The topological polar surface area (TPSA) is 27.7 Å². The van der Waals surface area contributed by atoms with E-state index in [-0.39, 0.29) is 6.10 Å². The van der Waals surface area contributed by atoms with Crippen LogP contribution in [0.5, 0.6) is 17.2 Å².